The van der Waals surface area contributed by atoms with E-state index in [1.165, 1.54) is 83.1 Å². The quantitative estimate of drug-likeness (QED) is 0.179. The summed E-state index contributed by atoms with van der Waals surface area (Å²) in [5.74, 6) is 0. The average molecular weight is 651 g/mol. The molecule has 1 aliphatic carbocycles. The van der Waals surface area contributed by atoms with Crippen LogP contribution < -0.4 is 0 Å². The molecule has 0 unspecified atom stereocenters. The first-order chi connectivity index (χ1) is 22.7. The van der Waals surface area contributed by atoms with Gasteiger partial charge in [0, 0.05) is 20.9 Å². The Labute approximate surface area is 276 Å². The van der Waals surface area contributed by atoms with Crippen LogP contribution >= 0.6 is 15.9 Å². The summed E-state index contributed by atoms with van der Waals surface area (Å²) < 4.78 is 3.46. The Kier molecular flexibility index (Phi) is 6.36. The molecule has 8 aromatic rings. The molecule has 0 atom stereocenters. The van der Waals surface area contributed by atoms with Gasteiger partial charge in [0.05, 0.1) is 11.0 Å². The van der Waals surface area contributed by atoms with E-state index in [1.807, 2.05) is 0 Å². The van der Waals surface area contributed by atoms with Gasteiger partial charge < -0.3 is 4.57 Å². The molecule has 0 bridgehead atoms. The van der Waals surface area contributed by atoms with E-state index in [2.05, 4.69) is 190 Å². The number of halogens is 1. The Balaban J connectivity index is 1.13. The summed E-state index contributed by atoms with van der Waals surface area (Å²) in [7, 11) is 0. The predicted octanol–water partition coefficient (Wildman–Crippen LogP) is 12.4. The summed E-state index contributed by atoms with van der Waals surface area (Å²) in [6.07, 6.45) is 2.33. The molecule has 0 saturated heterocycles. The lowest BCUT2D eigenvalue weighted by Gasteiger charge is -2.09. The van der Waals surface area contributed by atoms with Gasteiger partial charge in [0.15, 0.2) is 0 Å². The smallest absolute Gasteiger partial charge is 0.0541 e. The Hall–Kier alpha value is -5.44. The molecular formula is C44H28BrN. The fraction of sp³-hybridized carbons (Fsp3) is 0. The van der Waals surface area contributed by atoms with Crippen molar-refractivity contribution in [3.63, 3.8) is 0 Å². The molecule has 0 amide bonds. The summed E-state index contributed by atoms with van der Waals surface area (Å²) in [5, 5.41) is 2.54. The molecule has 216 valence electrons. The van der Waals surface area contributed by atoms with E-state index in [4.69, 9.17) is 0 Å². The Morgan fingerprint density at radius 1 is 0.413 bits per heavy atom. The first kappa shape index (κ1) is 26.9. The maximum atomic E-state index is 3.60. The summed E-state index contributed by atoms with van der Waals surface area (Å²) in [6, 6.07) is 59.4. The molecule has 0 saturated carbocycles. The van der Waals surface area contributed by atoms with Crippen molar-refractivity contribution in [3.8, 4) is 39.1 Å². The highest BCUT2D eigenvalue weighted by Crippen LogP contribution is 2.47. The van der Waals surface area contributed by atoms with E-state index in [0.29, 0.717) is 0 Å². The van der Waals surface area contributed by atoms with Crippen LogP contribution in [0.1, 0.15) is 16.7 Å². The molecule has 9 rings (SSSR count). The molecule has 0 spiro atoms. The highest BCUT2D eigenvalue weighted by molar-refractivity contribution is 9.10. The van der Waals surface area contributed by atoms with Gasteiger partial charge in [0.2, 0.25) is 0 Å². The van der Waals surface area contributed by atoms with Gasteiger partial charge in [-0.1, -0.05) is 131 Å². The van der Waals surface area contributed by atoms with Crippen LogP contribution in [-0.2, 0) is 0 Å². The minimum absolute atomic E-state index is 1.09. The summed E-state index contributed by atoms with van der Waals surface area (Å²) in [6.45, 7) is 0. The van der Waals surface area contributed by atoms with Crippen LogP contribution in [0, 0.1) is 0 Å². The predicted molar refractivity (Wildman–Crippen MR) is 198 cm³/mol. The summed E-state index contributed by atoms with van der Waals surface area (Å²) in [5.41, 5.74) is 16.1. The van der Waals surface area contributed by atoms with Gasteiger partial charge in [-0.05, 0) is 110 Å². The summed E-state index contributed by atoms with van der Waals surface area (Å²) >= 11 is 3.60. The molecule has 1 nitrogen and oxygen atoms in total. The van der Waals surface area contributed by atoms with Crippen LogP contribution in [0.25, 0.3) is 72.5 Å². The molecule has 1 aromatic heterocycles. The minimum Gasteiger partial charge on any atom is -0.309 e. The summed E-state index contributed by atoms with van der Waals surface area (Å²) in [4.78, 5) is 0. The van der Waals surface area contributed by atoms with Crippen molar-refractivity contribution in [2.75, 3.05) is 0 Å². The van der Waals surface area contributed by atoms with E-state index in [1.54, 1.807) is 0 Å². The van der Waals surface area contributed by atoms with Gasteiger partial charge in [-0.2, -0.15) is 0 Å². The molecule has 7 aromatic carbocycles. The maximum absolute atomic E-state index is 3.60. The zero-order chi connectivity index (χ0) is 30.6. The van der Waals surface area contributed by atoms with Crippen LogP contribution in [0.3, 0.4) is 0 Å². The third-order valence-corrected chi connectivity index (χ3v) is 9.71. The van der Waals surface area contributed by atoms with Crippen molar-refractivity contribution in [1.82, 2.24) is 4.57 Å². The number of fused-ring (bicyclic) bond motifs is 6. The maximum Gasteiger partial charge on any atom is 0.0541 e. The van der Waals surface area contributed by atoms with Crippen molar-refractivity contribution in [1.29, 1.82) is 0 Å². The highest BCUT2D eigenvalue weighted by atomic mass is 79.9. The first-order valence-corrected chi connectivity index (χ1v) is 16.4. The third-order valence-electron chi connectivity index (χ3n) is 9.22. The SMILES string of the molecule is Brc1cccc(-c2ccc(/C=C3\c4ccccc4-c4cc(-c5ccc6c(c5)c5ccccc5n6-c5ccccc5)ccc43)cc2)c1. The van der Waals surface area contributed by atoms with E-state index >= 15 is 0 Å². The molecule has 0 aliphatic heterocycles. The van der Waals surface area contributed by atoms with Gasteiger partial charge >= 0.3 is 0 Å². The van der Waals surface area contributed by atoms with Crippen molar-refractivity contribution < 1.29 is 0 Å². The number of hydrogen-bond acceptors (Lipinski definition) is 0. The monoisotopic (exact) mass is 649 g/mol. The van der Waals surface area contributed by atoms with Gasteiger partial charge in [0.25, 0.3) is 0 Å². The Bertz CT molecular complexity index is 2460. The second-order valence-electron chi connectivity index (χ2n) is 11.9. The molecule has 1 heterocycles. The molecule has 0 N–H and O–H groups in total. The zero-order valence-corrected chi connectivity index (χ0v) is 26.6. The van der Waals surface area contributed by atoms with Gasteiger partial charge in [-0.3, -0.25) is 0 Å². The number of hydrogen-bond donors (Lipinski definition) is 0. The van der Waals surface area contributed by atoms with Crippen molar-refractivity contribution in [2.24, 2.45) is 0 Å². The number of para-hydroxylation sites is 2. The van der Waals surface area contributed by atoms with E-state index in [9.17, 15) is 0 Å². The fourth-order valence-electron chi connectivity index (χ4n) is 7.05. The van der Waals surface area contributed by atoms with Crippen LogP contribution in [0.15, 0.2) is 168 Å². The Morgan fingerprint density at radius 3 is 1.91 bits per heavy atom. The zero-order valence-electron chi connectivity index (χ0n) is 25.0. The van der Waals surface area contributed by atoms with Crippen molar-refractivity contribution >= 4 is 49.4 Å². The van der Waals surface area contributed by atoms with Crippen molar-refractivity contribution in [2.45, 2.75) is 0 Å². The topological polar surface area (TPSA) is 4.93 Å². The number of aromatic nitrogens is 1. The molecule has 1 aliphatic rings. The second-order valence-corrected chi connectivity index (χ2v) is 12.8. The standard InChI is InChI=1S/C44H28BrN/c45-34-10-8-9-31(26-34)30-19-17-29(18-20-30)25-40-36-13-4-5-14-37(36)41-27-32(21-23-38(40)41)33-22-24-44-42(28-33)39-15-6-7-16-43(39)46(44)35-11-2-1-3-12-35/h1-28H/b40-25+. The lowest BCUT2D eigenvalue weighted by atomic mass is 9.96. The average Bonchev–Trinajstić information content (AvgIpc) is 3.61. The van der Waals surface area contributed by atoms with Crippen molar-refractivity contribution in [3.05, 3.63) is 185 Å². The molecule has 0 fully saturated rings. The van der Waals surface area contributed by atoms with Crippen LogP contribution in [0.4, 0.5) is 0 Å². The lowest BCUT2D eigenvalue weighted by Crippen LogP contribution is -1.92. The number of nitrogens with zero attached hydrogens (tertiary/aromatic N) is 1. The molecule has 2 heteroatoms. The number of rotatable bonds is 4. The molecule has 0 radical (unpaired) electrons. The van der Waals surface area contributed by atoms with E-state index in [0.717, 1.165) is 4.47 Å². The van der Waals surface area contributed by atoms with Crippen LogP contribution in [0.5, 0.6) is 0 Å². The van der Waals surface area contributed by atoms with Gasteiger partial charge in [0.1, 0.15) is 0 Å². The molecule has 46 heavy (non-hydrogen) atoms. The Morgan fingerprint density at radius 2 is 1.07 bits per heavy atom. The number of benzene rings is 7. The van der Waals surface area contributed by atoms with Crippen LogP contribution in [-0.4, -0.2) is 4.57 Å². The largest absolute Gasteiger partial charge is 0.309 e. The second kappa shape index (κ2) is 10.9. The van der Waals surface area contributed by atoms with Gasteiger partial charge in [-0.15, -0.1) is 0 Å². The lowest BCUT2D eigenvalue weighted by molar-refractivity contribution is 1.18. The molecular weight excluding hydrogens is 622 g/mol. The highest BCUT2D eigenvalue weighted by Gasteiger charge is 2.24. The first-order valence-electron chi connectivity index (χ1n) is 15.6. The minimum atomic E-state index is 1.09. The van der Waals surface area contributed by atoms with E-state index in [-0.39, 0.29) is 0 Å². The third kappa shape index (κ3) is 4.45. The van der Waals surface area contributed by atoms with Crippen LogP contribution in [0.2, 0.25) is 0 Å². The fourth-order valence-corrected chi connectivity index (χ4v) is 7.45. The van der Waals surface area contributed by atoms with Gasteiger partial charge in [-0.25, -0.2) is 0 Å². The van der Waals surface area contributed by atoms with E-state index < -0.39 is 0 Å². The normalized spacial score (nSPS) is 12.9.